The first-order valence-electron chi connectivity index (χ1n) is 6.81. The number of anilines is 2. The van der Waals surface area contributed by atoms with Gasteiger partial charge in [0.15, 0.2) is 0 Å². The van der Waals surface area contributed by atoms with Gasteiger partial charge >= 0.3 is 0 Å². The Bertz CT molecular complexity index is 520. The summed E-state index contributed by atoms with van der Waals surface area (Å²) in [6.07, 6.45) is 0.374. The van der Waals surface area contributed by atoms with E-state index in [0.29, 0.717) is 18.7 Å². The zero-order valence-electron chi connectivity index (χ0n) is 12.2. The second-order valence-corrected chi connectivity index (χ2v) is 5.97. The maximum Gasteiger partial charge on any atom is 0.244 e. The smallest absolute Gasteiger partial charge is 0.244 e. The SMILES string of the molecule is CC(C)(C)NCCC(=O)N1CC(=O)Nc2ccccc21. The predicted octanol–water partition coefficient (Wildman–Crippen LogP) is 1.75. The number of fused-ring (bicyclic) bond motifs is 1. The lowest BCUT2D eigenvalue weighted by molar-refractivity contribution is -0.121. The van der Waals surface area contributed by atoms with E-state index in [4.69, 9.17) is 0 Å². The van der Waals surface area contributed by atoms with Crippen molar-refractivity contribution >= 4 is 23.2 Å². The molecular formula is C15H21N3O2. The minimum absolute atomic E-state index is 0.0164. The van der Waals surface area contributed by atoms with Crippen LogP contribution in [-0.4, -0.2) is 30.4 Å². The van der Waals surface area contributed by atoms with E-state index in [9.17, 15) is 9.59 Å². The first kappa shape index (κ1) is 14.5. The number of carbonyl (C=O) groups is 2. The van der Waals surface area contributed by atoms with Crippen molar-refractivity contribution in [2.45, 2.75) is 32.7 Å². The van der Waals surface area contributed by atoms with E-state index in [0.717, 1.165) is 5.69 Å². The van der Waals surface area contributed by atoms with Crippen molar-refractivity contribution in [2.75, 3.05) is 23.3 Å². The lowest BCUT2D eigenvalue weighted by Crippen LogP contribution is -2.44. The number of rotatable bonds is 3. The highest BCUT2D eigenvalue weighted by Gasteiger charge is 2.26. The summed E-state index contributed by atoms with van der Waals surface area (Å²) in [4.78, 5) is 25.5. The summed E-state index contributed by atoms with van der Waals surface area (Å²) in [6.45, 7) is 6.86. The van der Waals surface area contributed by atoms with Gasteiger partial charge in [-0.25, -0.2) is 0 Å². The number of hydrogen-bond donors (Lipinski definition) is 2. The molecule has 1 aliphatic heterocycles. The first-order valence-corrected chi connectivity index (χ1v) is 6.81. The van der Waals surface area contributed by atoms with Crippen LogP contribution in [0.25, 0.3) is 0 Å². The van der Waals surface area contributed by atoms with Crippen molar-refractivity contribution in [2.24, 2.45) is 0 Å². The second-order valence-electron chi connectivity index (χ2n) is 5.97. The number of hydrogen-bond acceptors (Lipinski definition) is 3. The topological polar surface area (TPSA) is 61.4 Å². The van der Waals surface area contributed by atoms with Crippen LogP contribution in [0, 0.1) is 0 Å². The Kier molecular flexibility index (Phi) is 4.09. The Balaban J connectivity index is 2.05. The Hall–Kier alpha value is -1.88. The summed E-state index contributed by atoms with van der Waals surface area (Å²) in [5.74, 6) is -0.190. The highest BCUT2D eigenvalue weighted by atomic mass is 16.2. The van der Waals surface area contributed by atoms with Gasteiger partial charge in [0.05, 0.1) is 11.4 Å². The van der Waals surface area contributed by atoms with Gasteiger partial charge in [0, 0.05) is 18.5 Å². The molecule has 0 spiro atoms. The molecular weight excluding hydrogens is 254 g/mol. The number of nitrogens with zero attached hydrogens (tertiary/aromatic N) is 1. The zero-order valence-corrected chi connectivity index (χ0v) is 12.2. The lowest BCUT2D eigenvalue weighted by Gasteiger charge is -2.29. The summed E-state index contributed by atoms with van der Waals surface area (Å²) in [6, 6.07) is 7.36. The third-order valence-corrected chi connectivity index (χ3v) is 3.07. The molecule has 1 aliphatic rings. The van der Waals surface area contributed by atoms with Crippen LogP contribution in [0.1, 0.15) is 27.2 Å². The van der Waals surface area contributed by atoms with E-state index in [1.165, 1.54) is 0 Å². The molecule has 108 valence electrons. The molecule has 5 nitrogen and oxygen atoms in total. The summed E-state index contributed by atoms with van der Waals surface area (Å²) in [5.41, 5.74) is 1.45. The van der Waals surface area contributed by atoms with Gasteiger partial charge in [0.2, 0.25) is 11.8 Å². The van der Waals surface area contributed by atoms with E-state index in [1.54, 1.807) is 11.0 Å². The van der Waals surface area contributed by atoms with Crippen molar-refractivity contribution in [3.63, 3.8) is 0 Å². The van der Waals surface area contributed by atoms with Crippen LogP contribution in [0.4, 0.5) is 11.4 Å². The normalized spacial score (nSPS) is 14.8. The van der Waals surface area contributed by atoms with Gasteiger partial charge in [-0.05, 0) is 32.9 Å². The molecule has 1 aromatic carbocycles. The standard InChI is InChI=1S/C15H21N3O2/c1-15(2,3)16-9-8-14(20)18-10-13(19)17-11-6-4-5-7-12(11)18/h4-7,16H,8-10H2,1-3H3,(H,17,19). The Morgan fingerprint density at radius 3 is 2.75 bits per heavy atom. The quantitative estimate of drug-likeness (QED) is 0.883. The van der Waals surface area contributed by atoms with Crippen molar-refractivity contribution in [1.82, 2.24) is 5.32 Å². The summed E-state index contributed by atoms with van der Waals surface area (Å²) in [7, 11) is 0. The van der Waals surface area contributed by atoms with Crippen LogP contribution in [-0.2, 0) is 9.59 Å². The number of para-hydroxylation sites is 2. The average Bonchev–Trinajstić information content (AvgIpc) is 2.36. The first-order chi connectivity index (χ1) is 9.37. The van der Waals surface area contributed by atoms with Gasteiger partial charge in [-0.3, -0.25) is 9.59 Å². The van der Waals surface area contributed by atoms with E-state index < -0.39 is 0 Å². The summed E-state index contributed by atoms with van der Waals surface area (Å²) >= 11 is 0. The molecule has 2 amide bonds. The molecule has 0 saturated carbocycles. The molecule has 0 atom stereocenters. The molecule has 0 saturated heterocycles. The minimum atomic E-state index is -0.152. The molecule has 2 rings (SSSR count). The maximum atomic E-state index is 12.3. The van der Waals surface area contributed by atoms with Crippen LogP contribution in [0.15, 0.2) is 24.3 Å². The molecule has 0 unspecified atom stereocenters. The third-order valence-electron chi connectivity index (χ3n) is 3.07. The number of amides is 2. The summed E-state index contributed by atoms with van der Waals surface area (Å²) < 4.78 is 0. The molecule has 5 heteroatoms. The Morgan fingerprint density at radius 2 is 2.05 bits per heavy atom. The van der Waals surface area contributed by atoms with Crippen LogP contribution < -0.4 is 15.5 Å². The second kappa shape index (κ2) is 5.63. The van der Waals surface area contributed by atoms with Gasteiger partial charge in [-0.1, -0.05) is 12.1 Å². The number of nitrogens with one attached hydrogen (secondary N) is 2. The van der Waals surface area contributed by atoms with Crippen molar-refractivity contribution in [3.05, 3.63) is 24.3 Å². The maximum absolute atomic E-state index is 12.3. The molecule has 1 heterocycles. The zero-order chi connectivity index (χ0) is 14.8. The van der Waals surface area contributed by atoms with Crippen LogP contribution in [0.2, 0.25) is 0 Å². The van der Waals surface area contributed by atoms with Crippen molar-refractivity contribution < 1.29 is 9.59 Å². The van der Waals surface area contributed by atoms with Crippen LogP contribution in [0.5, 0.6) is 0 Å². The minimum Gasteiger partial charge on any atom is -0.323 e. The van der Waals surface area contributed by atoms with Crippen molar-refractivity contribution in [1.29, 1.82) is 0 Å². The van der Waals surface area contributed by atoms with Gasteiger partial charge in [0.1, 0.15) is 6.54 Å². The van der Waals surface area contributed by atoms with Gasteiger partial charge in [-0.15, -0.1) is 0 Å². The van der Waals surface area contributed by atoms with E-state index in [-0.39, 0.29) is 23.9 Å². The lowest BCUT2D eigenvalue weighted by atomic mass is 10.1. The molecule has 0 aliphatic carbocycles. The molecule has 20 heavy (non-hydrogen) atoms. The van der Waals surface area contributed by atoms with Crippen molar-refractivity contribution in [3.8, 4) is 0 Å². The Morgan fingerprint density at radius 1 is 1.35 bits per heavy atom. The fourth-order valence-electron chi connectivity index (χ4n) is 2.14. The number of benzene rings is 1. The summed E-state index contributed by atoms with van der Waals surface area (Å²) in [5, 5.41) is 6.06. The predicted molar refractivity (Wildman–Crippen MR) is 79.8 cm³/mol. The fraction of sp³-hybridized carbons (Fsp3) is 0.467. The molecule has 0 aromatic heterocycles. The molecule has 0 radical (unpaired) electrons. The largest absolute Gasteiger partial charge is 0.323 e. The highest BCUT2D eigenvalue weighted by molar-refractivity contribution is 6.09. The van der Waals surface area contributed by atoms with Gasteiger partial charge in [-0.2, -0.15) is 0 Å². The molecule has 1 aromatic rings. The van der Waals surface area contributed by atoms with E-state index >= 15 is 0 Å². The fourth-order valence-corrected chi connectivity index (χ4v) is 2.14. The van der Waals surface area contributed by atoms with Crippen LogP contribution in [0.3, 0.4) is 0 Å². The Labute approximate surface area is 119 Å². The van der Waals surface area contributed by atoms with Gasteiger partial charge in [0.25, 0.3) is 0 Å². The van der Waals surface area contributed by atoms with Crippen LogP contribution >= 0.6 is 0 Å². The molecule has 0 bridgehead atoms. The average molecular weight is 275 g/mol. The highest BCUT2D eigenvalue weighted by Crippen LogP contribution is 2.29. The third kappa shape index (κ3) is 3.57. The number of carbonyl (C=O) groups excluding carboxylic acids is 2. The van der Waals surface area contributed by atoms with Gasteiger partial charge < -0.3 is 15.5 Å². The molecule has 0 fully saturated rings. The monoisotopic (exact) mass is 275 g/mol. The van der Waals surface area contributed by atoms with E-state index in [1.807, 2.05) is 18.2 Å². The molecule has 2 N–H and O–H groups in total. The van der Waals surface area contributed by atoms with E-state index in [2.05, 4.69) is 31.4 Å².